The molecular weight excluding hydrogens is 342 g/mol. The molecule has 0 bridgehead atoms. The molecular formula is C17H17N3O4S. The minimum atomic E-state index is -0.429. The van der Waals surface area contributed by atoms with Crippen molar-refractivity contribution in [1.82, 2.24) is 16.2 Å². The minimum Gasteiger partial charge on any atom is -0.497 e. The van der Waals surface area contributed by atoms with E-state index in [1.807, 2.05) is 12.1 Å². The van der Waals surface area contributed by atoms with Crippen LogP contribution in [0.1, 0.15) is 21.7 Å². The molecule has 0 aliphatic rings. The molecule has 0 saturated carbocycles. The van der Waals surface area contributed by atoms with E-state index in [0.29, 0.717) is 11.3 Å². The maximum Gasteiger partial charge on any atom is 0.273 e. The average Bonchev–Trinajstić information content (AvgIpc) is 3.04. The molecule has 2 amide bonds. The van der Waals surface area contributed by atoms with Crippen LogP contribution >= 0.6 is 12.2 Å². The number of thiocarbonyl (C=S) groups is 1. The summed E-state index contributed by atoms with van der Waals surface area (Å²) in [5.41, 5.74) is 6.03. The lowest BCUT2D eigenvalue weighted by atomic mass is 10.2. The van der Waals surface area contributed by atoms with Crippen LogP contribution < -0.4 is 20.9 Å². The molecule has 0 spiro atoms. The van der Waals surface area contributed by atoms with E-state index in [2.05, 4.69) is 16.2 Å². The molecule has 0 saturated heterocycles. The zero-order valence-electron chi connectivity index (χ0n) is 13.7. The Morgan fingerprint density at radius 3 is 2.48 bits per heavy atom. The van der Waals surface area contributed by atoms with Gasteiger partial charge >= 0.3 is 0 Å². The molecule has 0 atom stereocenters. The van der Waals surface area contributed by atoms with Gasteiger partial charge in [0.05, 0.1) is 18.9 Å². The van der Waals surface area contributed by atoms with E-state index in [1.54, 1.807) is 32.2 Å². The Labute approximate surface area is 150 Å². The average molecular weight is 359 g/mol. The molecule has 1 aromatic heterocycles. The maximum absolute atomic E-state index is 11.8. The Morgan fingerprint density at radius 1 is 1.16 bits per heavy atom. The third kappa shape index (κ3) is 5.47. The number of rotatable bonds is 4. The summed E-state index contributed by atoms with van der Waals surface area (Å²) in [6, 6.07) is 8.74. The van der Waals surface area contributed by atoms with Gasteiger partial charge in [-0.2, -0.15) is 0 Å². The van der Waals surface area contributed by atoms with Crippen LogP contribution in [0.4, 0.5) is 0 Å². The van der Waals surface area contributed by atoms with Crippen LogP contribution in [-0.4, -0.2) is 24.0 Å². The first-order valence-corrected chi connectivity index (χ1v) is 7.68. The molecule has 0 radical (unpaired) electrons. The standard InChI is InChI=1S/C17H17N3O4S/c1-11-14(9-10-24-11)16(22)19-20-17(25)18-15(21)8-5-12-3-6-13(23-2)7-4-12/h3-10H,1-2H3,(H,19,22)(H2,18,20,21,25). The lowest BCUT2D eigenvalue weighted by molar-refractivity contribution is -0.115. The highest BCUT2D eigenvalue weighted by Gasteiger charge is 2.11. The van der Waals surface area contributed by atoms with E-state index < -0.39 is 11.8 Å². The normalized spacial score (nSPS) is 10.3. The summed E-state index contributed by atoms with van der Waals surface area (Å²) in [6.07, 6.45) is 4.37. The van der Waals surface area contributed by atoms with Crippen molar-refractivity contribution in [3.63, 3.8) is 0 Å². The molecule has 0 unspecified atom stereocenters. The van der Waals surface area contributed by atoms with E-state index in [4.69, 9.17) is 21.4 Å². The summed E-state index contributed by atoms with van der Waals surface area (Å²) in [5.74, 6) is 0.367. The van der Waals surface area contributed by atoms with Gasteiger partial charge in [0, 0.05) is 6.08 Å². The second-order valence-electron chi connectivity index (χ2n) is 4.89. The molecule has 0 aliphatic carbocycles. The molecule has 2 aromatic rings. The van der Waals surface area contributed by atoms with Crippen LogP contribution in [0.2, 0.25) is 0 Å². The summed E-state index contributed by atoms with van der Waals surface area (Å²) in [6.45, 7) is 1.67. The van der Waals surface area contributed by atoms with Crippen molar-refractivity contribution in [3.05, 3.63) is 59.6 Å². The van der Waals surface area contributed by atoms with Crippen molar-refractivity contribution in [2.75, 3.05) is 7.11 Å². The zero-order chi connectivity index (χ0) is 18.2. The SMILES string of the molecule is COc1ccc(C=CC(=O)NC(=S)NNC(=O)c2ccoc2C)cc1. The van der Waals surface area contributed by atoms with Crippen LogP contribution in [0.25, 0.3) is 6.08 Å². The van der Waals surface area contributed by atoms with Crippen LogP contribution in [0, 0.1) is 6.92 Å². The van der Waals surface area contributed by atoms with Gasteiger partial charge in [-0.15, -0.1) is 0 Å². The van der Waals surface area contributed by atoms with Gasteiger partial charge in [0.25, 0.3) is 5.91 Å². The third-order valence-electron chi connectivity index (χ3n) is 3.17. The number of amides is 2. The van der Waals surface area contributed by atoms with Crippen LogP contribution in [0.5, 0.6) is 5.75 Å². The predicted octanol–water partition coefficient (Wildman–Crippen LogP) is 1.95. The molecule has 25 heavy (non-hydrogen) atoms. The molecule has 130 valence electrons. The Hall–Kier alpha value is -3.13. The quantitative estimate of drug-likeness (QED) is 0.439. The number of hydrazine groups is 1. The third-order valence-corrected chi connectivity index (χ3v) is 3.38. The smallest absolute Gasteiger partial charge is 0.273 e. The zero-order valence-corrected chi connectivity index (χ0v) is 14.5. The van der Waals surface area contributed by atoms with Gasteiger partial charge in [-0.05, 0) is 49.0 Å². The summed E-state index contributed by atoms with van der Waals surface area (Å²) < 4.78 is 10.1. The predicted molar refractivity (Wildman–Crippen MR) is 96.8 cm³/mol. The van der Waals surface area contributed by atoms with Crippen LogP contribution in [-0.2, 0) is 4.79 Å². The molecule has 1 heterocycles. The monoisotopic (exact) mass is 359 g/mol. The van der Waals surface area contributed by atoms with Gasteiger partial charge in [0.15, 0.2) is 5.11 Å². The van der Waals surface area contributed by atoms with E-state index in [1.165, 1.54) is 18.4 Å². The van der Waals surface area contributed by atoms with Gasteiger partial charge in [-0.3, -0.25) is 25.8 Å². The number of carbonyl (C=O) groups excluding carboxylic acids is 2. The summed E-state index contributed by atoms with van der Waals surface area (Å²) in [5, 5.41) is 2.39. The fourth-order valence-electron chi connectivity index (χ4n) is 1.87. The number of ether oxygens (including phenoxy) is 1. The molecule has 0 fully saturated rings. The first-order chi connectivity index (χ1) is 12.0. The van der Waals surface area contributed by atoms with Crippen molar-refractivity contribution in [3.8, 4) is 5.75 Å². The first-order valence-electron chi connectivity index (χ1n) is 7.27. The highest BCUT2D eigenvalue weighted by Crippen LogP contribution is 2.12. The van der Waals surface area contributed by atoms with Crippen molar-refractivity contribution in [2.24, 2.45) is 0 Å². The summed E-state index contributed by atoms with van der Waals surface area (Å²) >= 11 is 4.94. The Kier molecular flexibility index (Phi) is 6.30. The van der Waals surface area contributed by atoms with Crippen molar-refractivity contribution < 1.29 is 18.7 Å². The maximum atomic E-state index is 11.8. The highest BCUT2D eigenvalue weighted by molar-refractivity contribution is 7.80. The van der Waals surface area contributed by atoms with Gasteiger partial charge in [-0.25, -0.2) is 0 Å². The molecule has 0 aliphatic heterocycles. The fraction of sp³-hybridized carbons (Fsp3) is 0.118. The number of nitrogens with one attached hydrogen (secondary N) is 3. The number of furan rings is 1. The van der Waals surface area contributed by atoms with Crippen molar-refractivity contribution >= 4 is 35.2 Å². The first kappa shape index (κ1) is 18.2. The van der Waals surface area contributed by atoms with Crippen LogP contribution in [0.15, 0.2) is 47.1 Å². The number of carbonyl (C=O) groups is 2. The van der Waals surface area contributed by atoms with Gasteiger partial charge in [0.2, 0.25) is 5.91 Å². The number of benzene rings is 1. The Balaban J connectivity index is 1.79. The molecule has 8 heteroatoms. The van der Waals surface area contributed by atoms with Crippen molar-refractivity contribution in [1.29, 1.82) is 0 Å². The highest BCUT2D eigenvalue weighted by atomic mass is 32.1. The lowest BCUT2D eigenvalue weighted by Gasteiger charge is -2.09. The second kappa shape index (κ2) is 8.65. The van der Waals surface area contributed by atoms with Gasteiger partial charge in [0.1, 0.15) is 11.5 Å². The molecule has 3 N–H and O–H groups in total. The van der Waals surface area contributed by atoms with Crippen LogP contribution in [0.3, 0.4) is 0 Å². The van der Waals surface area contributed by atoms with Gasteiger partial charge < -0.3 is 9.15 Å². The van der Waals surface area contributed by atoms with E-state index in [9.17, 15) is 9.59 Å². The summed E-state index contributed by atoms with van der Waals surface area (Å²) in [4.78, 5) is 23.6. The van der Waals surface area contributed by atoms with Gasteiger partial charge in [-0.1, -0.05) is 12.1 Å². The number of hydrogen-bond acceptors (Lipinski definition) is 5. The lowest BCUT2D eigenvalue weighted by Crippen LogP contribution is -2.48. The number of hydrogen-bond donors (Lipinski definition) is 3. The molecule has 2 rings (SSSR count). The van der Waals surface area contributed by atoms with E-state index in [0.717, 1.165) is 11.3 Å². The van der Waals surface area contributed by atoms with E-state index in [-0.39, 0.29) is 5.11 Å². The molecule has 7 nitrogen and oxygen atoms in total. The Morgan fingerprint density at radius 2 is 1.88 bits per heavy atom. The molecule has 1 aromatic carbocycles. The number of methoxy groups -OCH3 is 1. The second-order valence-corrected chi connectivity index (χ2v) is 5.30. The Bertz CT molecular complexity index is 796. The van der Waals surface area contributed by atoms with E-state index >= 15 is 0 Å². The topological polar surface area (TPSA) is 92.6 Å². The minimum absolute atomic E-state index is 0.0288. The fourth-order valence-corrected chi connectivity index (χ4v) is 2.02. The van der Waals surface area contributed by atoms with Crippen molar-refractivity contribution in [2.45, 2.75) is 6.92 Å². The largest absolute Gasteiger partial charge is 0.497 e. The summed E-state index contributed by atoms with van der Waals surface area (Å²) in [7, 11) is 1.58. The number of aryl methyl sites for hydroxylation is 1.